The van der Waals surface area contributed by atoms with Crippen LogP contribution >= 0.6 is 0 Å². The number of aromatic carboxylic acids is 1. The van der Waals surface area contributed by atoms with E-state index in [2.05, 4.69) is 33.7 Å². The van der Waals surface area contributed by atoms with E-state index in [1.54, 1.807) is 0 Å². The lowest BCUT2D eigenvalue weighted by molar-refractivity contribution is 0.0696. The summed E-state index contributed by atoms with van der Waals surface area (Å²) in [6.07, 6.45) is 3.81. The number of likely N-dealkylation sites (N-methyl/N-ethyl adjacent to an activating group) is 1. The highest BCUT2D eigenvalue weighted by Gasteiger charge is 2.24. The number of piperazine rings is 1. The van der Waals surface area contributed by atoms with Gasteiger partial charge in [-0.15, -0.1) is 0 Å². The summed E-state index contributed by atoms with van der Waals surface area (Å²) < 4.78 is 0. The van der Waals surface area contributed by atoms with E-state index in [0.29, 0.717) is 12.0 Å². The van der Waals surface area contributed by atoms with Gasteiger partial charge in [0.25, 0.3) is 0 Å². The van der Waals surface area contributed by atoms with Crippen molar-refractivity contribution < 1.29 is 9.90 Å². The molecule has 0 spiro atoms. The van der Waals surface area contributed by atoms with Crippen LogP contribution < -0.4 is 4.90 Å². The number of carbonyl (C=O) groups is 1. The second-order valence-electron chi connectivity index (χ2n) is 4.57. The summed E-state index contributed by atoms with van der Waals surface area (Å²) >= 11 is 0. The summed E-state index contributed by atoms with van der Waals surface area (Å²) in [5.41, 5.74) is 0.125. The molecule has 1 N–H and O–H groups in total. The maximum atomic E-state index is 10.7. The molecule has 98 valence electrons. The molecule has 1 aromatic rings. The fourth-order valence-electron chi connectivity index (χ4n) is 2.16. The first-order chi connectivity index (χ1) is 8.61. The third-order valence-corrected chi connectivity index (χ3v) is 3.42. The summed E-state index contributed by atoms with van der Waals surface area (Å²) in [6, 6.07) is 0.501. The first kappa shape index (κ1) is 12.8. The molecular weight excluding hydrogens is 232 g/mol. The smallest absolute Gasteiger partial charge is 0.338 e. The Balaban J connectivity index is 2.09. The van der Waals surface area contributed by atoms with Crippen molar-refractivity contribution in [1.82, 2.24) is 14.9 Å². The number of hydrogen-bond acceptors (Lipinski definition) is 5. The lowest BCUT2D eigenvalue weighted by Gasteiger charge is -2.39. The Morgan fingerprint density at radius 1 is 1.44 bits per heavy atom. The molecule has 2 rings (SSSR count). The lowest BCUT2D eigenvalue weighted by atomic mass is 10.1. The largest absolute Gasteiger partial charge is 0.478 e. The van der Waals surface area contributed by atoms with Gasteiger partial charge in [-0.25, -0.2) is 14.8 Å². The summed E-state index contributed by atoms with van der Waals surface area (Å²) in [5, 5.41) is 8.80. The maximum absolute atomic E-state index is 10.7. The van der Waals surface area contributed by atoms with Gasteiger partial charge in [-0.3, -0.25) is 4.90 Å². The van der Waals surface area contributed by atoms with Crippen molar-refractivity contribution >= 4 is 11.9 Å². The second-order valence-corrected chi connectivity index (χ2v) is 4.57. The van der Waals surface area contributed by atoms with Crippen LogP contribution in [-0.4, -0.2) is 58.7 Å². The van der Waals surface area contributed by atoms with Crippen LogP contribution in [0.5, 0.6) is 0 Å². The molecule has 0 saturated carbocycles. The molecule has 0 aliphatic carbocycles. The summed E-state index contributed by atoms with van der Waals surface area (Å²) in [7, 11) is 2.12. The normalized spacial score (nSPS) is 21.0. The van der Waals surface area contributed by atoms with Crippen LogP contribution in [0.1, 0.15) is 23.7 Å². The van der Waals surface area contributed by atoms with Crippen LogP contribution in [0.25, 0.3) is 0 Å². The average Bonchev–Trinajstić information content (AvgIpc) is 2.39. The van der Waals surface area contributed by atoms with Gasteiger partial charge < -0.3 is 10.0 Å². The molecule has 0 bridgehead atoms. The Hall–Kier alpha value is -1.69. The number of carboxylic acids is 1. The Bertz CT molecular complexity index is 421. The van der Waals surface area contributed by atoms with Gasteiger partial charge in [0, 0.05) is 38.1 Å². The molecule has 1 aliphatic heterocycles. The third kappa shape index (κ3) is 2.59. The van der Waals surface area contributed by atoms with E-state index in [4.69, 9.17) is 5.11 Å². The highest BCUT2D eigenvalue weighted by atomic mass is 16.4. The van der Waals surface area contributed by atoms with Gasteiger partial charge in [0.2, 0.25) is 5.95 Å². The fourth-order valence-corrected chi connectivity index (χ4v) is 2.16. The fraction of sp³-hybridized carbons (Fsp3) is 0.583. The maximum Gasteiger partial charge on any atom is 0.338 e. The number of anilines is 1. The van der Waals surface area contributed by atoms with E-state index in [-0.39, 0.29) is 5.56 Å². The van der Waals surface area contributed by atoms with E-state index >= 15 is 0 Å². The molecule has 6 nitrogen and oxygen atoms in total. The Morgan fingerprint density at radius 3 is 2.67 bits per heavy atom. The van der Waals surface area contributed by atoms with Crippen LogP contribution in [0, 0.1) is 0 Å². The van der Waals surface area contributed by atoms with Crippen LogP contribution in [-0.2, 0) is 0 Å². The van der Waals surface area contributed by atoms with Crippen molar-refractivity contribution in [2.45, 2.75) is 19.4 Å². The van der Waals surface area contributed by atoms with Crippen molar-refractivity contribution in [3.05, 3.63) is 18.0 Å². The molecule has 1 unspecified atom stereocenters. The SMILES string of the molecule is CCC1CN(c2ncc(C(=O)O)cn2)CCN1C. The number of nitrogens with zero attached hydrogens (tertiary/aromatic N) is 4. The highest BCUT2D eigenvalue weighted by molar-refractivity contribution is 5.86. The Kier molecular flexibility index (Phi) is 3.76. The minimum absolute atomic E-state index is 0.125. The molecule has 1 fully saturated rings. The molecule has 1 atom stereocenters. The molecule has 1 saturated heterocycles. The van der Waals surface area contributed by atoms with Crippen LogP contribution in [0.3, 0.4) is 0 Å². The zero-order valence-corrected chi connectivity index (χ0v) is 10.7. The number of carboxylic acid groups (broad SMARTS) is 1. The van der Waals surface area contributed by atoms with Gasteiger partial charge in [0.1, 0.15) is 0 Å². The first-order valence-electron chi connectivity index (χ1n) is 6.12. The Labute approximate surface area is 106 Å². The molecule has 6 heteroatoms. The van der Waals surface area contributed by atoms with E-state index < -0.39 is 5.97 Å². The van der Waals surface area contributed by atoms with Gasteiger partial charge >= 0.3 is 5.97 Å². The third-order valence-electron chi connectivity index (χ3n) is 3.42. The van der Waals surface area contributed by atoms with Crippen molar-refractivity contribution in [3.63, 3.8) is 0 Å². The van der Waals surface area contributed by atoms with Crippen molar-refractivity contribution in [2.75, 3.05) is 31.6 Å². The van der Waals surface area contributed by atoms with E-state index in [1.807, 2.05) is 0 Å². The average molecular weight is 250 g/mol. The highest BCUT2D eigenvalue weighted by Crippen LogP contribution is 2.15. The molecule has 0 radical (unpaired) electrons. The number of hydrogen-bond donors (Lipinski definition) is 1. The quantitative estimate of drug-likeness (QED) is 0.852. The predicted octanol–water partition coefficient (Wildman–Crippen LogP) is 0.705. The lowest BCUT2D eigenvalue weighted by Crippen LogP contribution is -2.51. The zero-order valence-electron chi connectivity index (χ0n) is 10.7. The standard InChI is InChI=1S/C12H18N4O2/c1-3-10-8-16(5-4-15(10)2)12-13-6-9(7-14-12)11(17)18/h6-7,10H,3-5,8H2,1-2H3,(H,17,18). The monoisotopic (exact) mass is 250 g/mol. The van der Waals surface area contributed by atoms with Gasteiger partial charge in [-0.1, -0.05) is 6.92 Å². The minimum atomic E-state index is -0.994. The van der Waals surface area contributed by atoms with Crippen LogP contribution in [0.4, 0.5) is 5.95 Å². The van der Waals surface area contributed by atoms with E-state index in [9.17, 15) is 4.79 Å². The van der Waals surface area contributed by atoms with Crippen molar-refractivity contribution in [3.8, 4) is 0 Å². The van der Waals surface area contributed by atoms with Gasteiger partial charge in [-0.2, -0.15) is 0 Å². The minimum Gasteiger partial charge on any atom is -0.478 e. The second kappa shape index (κ2) is 5.30. The molecule has 0 amide bonds. The summed E-state index contributed by atoms with van der Waals surface area (Å²) in [5.74, 6) is -0.377. The molecule has 0 aromatic carbocycles. The first-order valence-corrected chi connectivity index (χ1v) is 6.12. The molecule has 1 aliphatic rings. The number of aromatic nitrogens is 2. The Morgan fingerprint density at radius 2 is 2.11 bits per heavy atom. The van der Waals surface area contributed by atoms with Crippen molar-refractivity contribution in [2.24, 2.45) is 0 Å². The zero-order chi connectivity index (χ0) is 13.1. The molecule has 18 heavy (non-hydrogen) atoms. The van der Waals surface area contributed by atoms with Gasteiger partial charge in [0.05, 0.1) is 5.56 Å². The topological polar surface area (TPSA) is 69.6 Å². The summed E-state index contributed by atoms with van der Waals surface area (Å²) in [4.78, 5) is 23.4. The van der Waals surface area contributed by atoms with Crippen LogP contribution in [0.2, 0.25) is 0 Å². The van der Waals surface area contributed by atoms with E-state index in [1.165, 1.54) is 12.4 Å². The van der Waals surface area contributed by atoms with Crippen molar-refractivity contribution in [1.29, 1.82) is 0 Å². The van der Waals surface area contributed by atoms with Gasteiger partial charge in [-0.05, 0) is 13.5 Å². The van der Waals surface area contributed by atoms with E-state index in [0.717, 1.165) is 26.1 Å². The summed E-state index contributed by atoms with van der Waals surface area (Å²) in [6.45, 7) is 4.90. The van der Waals surface area contributed by atoms with Gasteiger partial charge in [0.15, 0.2) is 0 Å². The number of rotatable bonds is 3. The molecule has 2 heterocycles. The predicted molar refractivity (Wildman–Crippen MR) is 67.9 cm³/mol. The molecule has 1 aromatic heterocycles. The van der Waals surface area contributed by atoms with Crippen LogP contribution in [0.15, 0.2) is 12.4 Å². The molecular formula is C12H18N4O2.